The maximum Gasteiger partial charge on any atom is 0.260 e. The fourth-order valence-corrected chi connectivity index (χ4v) is 3.06. The minimum atomic E-state index is -0.469. The number of nitrogens with two attached hydrogens (primary N) is 2. The Bertz CT molecular complexity index is 411. The number of thiophene rings is 1. The van der Waals surface area contributed by atoms with Crippen molar-refractivity contribution in [2.24, 2.45) is 11.7 Å². The lowest BCUT2D eigenvalue weighted by atomic mass is 9.98. The summed E-state index contributed by atoms with van der Waals surface area (Å²) in [6, 6.07) is 1.81. The molecule has 0 aromatic carbocycles. The summed E-state index contributed by atoms with van der Waals surface area (Å²) >= 11 is 1.35. The number of anilines is 2. The Kier molecular flexibility index (Phi) is 3.54. The molecule has 94 valence electrons. The van der Waals surface area contributed by atoms with E-state index in [0.717, 1.165) is 30.9 Å². The van der Waals surface area contributed by atoms with Gasteiger partial charge in [-0.3, -0.25) is 4.79 Å². The molecule has 1 amide bonds. The molecule has 1 aromatic rings. The van der Waals surface area contributed by atoms with Crippen LogP contribution in [0, 0.1) is 5.92 Å². The number of hydrogen-bond donors (Lipinski definition) is 3. The van der Waals surface area contributed by atoms with Gasteiger partial charge in [0.15, 0.2) is 0 Å². The number of primary amides is 1. The topological polar surface area (TPSA) is 92.6 Å². The molecule has 6 heteroatoms. The summed E-state index contributed by atoms with van der Waals surface area (Å²) in [5.41, 5.74) is 11.4. The highest BCUT2D eigenvalue weighted by Gasteiger charge is 2.21. The number of aliphatic hydroxyl groups excluding tert-OH is 1. The zero-order valence-corrected chi connectivity index (χ0v) is 10.4. The highest BCUT2D eigenvalue weighted by molar-refractivity contribution is 7.18. The summed E-state index contributed by atoms with van der Waals surface area (Å²) in [5, 5.41) is 10.1. The molecule has 2 heterocycles. The van der Waals surface area contributed by atoms with Crippen molar-refractivity contribution in [1.29, 1.82) is 0 Å². The number of piperidine rings is 1. The summed E-state index contributed by atoms with van der Waals surface area (Å²) < 4.78 is 0. The number of hydrogen-bond acceptors (Lipinski definition) is 5. The van der Waals surface area contributed by atoms with Crippen molar-refractivity contribution in [2.75, 3.05) is 30.3 Å². The predicted molar refractivity (Wildman–Crippen MR) is 69.3 cm³/mol. The number of nitrogens with zero attached hydrogens (tertiary/aromatic N) is 1. The summed E-state index contributed by atoms with van der Waals surface area (Å²) in [4.78, 5) is 13.7. The van der Waals surface area contributed by atoms with E-state index in [1.54, 1.807) is 0 Å². The molecular weight excluding hydrogens is 238 g/mol. The Morgan fingerprint density at radius 1 is 1.53 bits per heavy atom. The largest absolute Gasteiger partial charge is 0.397 e. The molecule has 5 N–H and O–H groups in total. The fraction of sp³-hybridized carbons (Fsp3) is 0.545. The van der Waals surface area contributed by atoms with E-state index in [0.29, 0.717) is 16.5 Å². The molecule has 0 aliphatic carbocycles. The lowest BCUT2D eigenvalue weighted by Crippen LogP contribution is -2.34. The molecule has 1 aliphatic rings. The van der Waals surface area contributed by atoms with Gasteiger partial charge >= 0.3 is 0 Å². The second-order valence-electron chi connectivity index (χ2n) is 4.35. The number of amides is 1. The Morgan fingerprint density at radius 3 is 2.65 bits per heavy atom. The molecule has 0 unspecified atom stereocenters. The van der Waals surface area contributed by atoms with E-state index >= 15 is 0 Å². The van der Waals surface area contributed by atoms with Gasteiger partial charge in [0.2, 0.25) is 0 Å². The SMILES string of the molecule is NC(=O)c1sc(N2CCC(CO)CC2)cc1N. The lowest BCUT2D eigenvalue weighted by Gasteiger charge is -2.31. The predicted octanol–water partition coefficient (Wildman–Crippen LogP) is 0.638. The van der Waals surface area contributed by atoms with Crippen LogP contribution in [0.15, 0.2) is 6.07 Å². The van der Waals surface area contributed by atoms with Gasteiger partial charge in [-0.25, -0.2) is 0 Å². The first-order valence-corrected chi connectivity index (χ1v) is 6.48. The quantitative estimate of drug-likeness (QED) is 0.739. The standard InChI is InChI=1S/C11H17N3O2S/c12-8-5-9(17-10(8)11(13)16)14-3-1-7(6-15)2-4-14/h5,7,15H,1-4,6,12H2,(H2,13,16). The smallest absolute Gasteiger partial charge is 0.260 e. The van der Waals surface area contributed by atoms with Crippen LogP contribution in [-0.2, 0) is 0 Å². The van der Waals surface area contributed by atoms with E-state index in [4.69, 9.17) is 16.6 Å². The molecule has 17 heavy (non-hydrogen) atoms. The second-order valence-corrected chi connectivity index (χ2v) is 5.38. The van der Waals surface area contributed by atoms with Gasteiger partial charge in [-0.05, 0) is 24.8 Å². The molecule has 0 saturated carbocycles. The summed E-state index contributed by atoms with van der Waals surface area (Å²) in [6.07, 6.45) is 1.94. The van der Waals surface area contributed by atoms with E-state index in [1.807, 2.05) is 6.07 Å². The molecule has 0 spiro atoms. The fourth-order valence-electron chi connectivity index (χ4n) is 2.08. The minimum Gasteiger partial charge on any atom is -0.397 e. The van der Waals surface area contributed by atoms with E-state index < -0.39 is 5.91 Å². The number of aliphatic hydroxyl groups is 1. The first-order chi connectivity index (χ1) is 8.11. The Labute approximate surface area is 104 Å². The van der Waals surface area contributed by atoms with Gasteiger partial charge in [-0.1, -0.05) is 0 Å². The molecule has 1 aliphatic heterocycles. The van der Waals surface area contributed by atoms with Gasteiger partial charge in [-0.2, -0.15) is 0 Å². The number of nitrogen functional groups attached to an aromatic ring is 1. The molecule has 0 radical (unpaired) electrons. The van der Waals surface area contributed by atoms with E-state index in [2.05, 4.69) is 4.90 Å². The van der Waals surface area contributed by atoms with E-state index in [9.17, 15) is 4.79 Å². The zero-order valence-electron chi connectivity index (χ0n) is 9.56. The zero-order chi connectivity index (χ0) is 12.4. The van der Waals surface area contributed by atoms with Crippen molar-refractivity contribution in [3.8, 4) is 0 Å². The molecule has 1 saturated heterocycles. The first kappa shape index (κ1) is 12.2. The highest BCUT2D eigenvalue weighted by atomic mass is 32.1. The van der Waals surface area contributed by atoms with Crippen molar-refractivity contribution in [3.05, 3.63) is 10.9 Å². The van der Waals surface area contributed by atoms with Gasteiger partial charge in [0.05, 0.1) is 10.7 Å². The van der Waals surface area contributed by atoms with Crippen LogP contribution in [0.5, 0.6) is 0 Å². The van der Waals surface area contributed by atoms with E-state index in [1.165, 1.54) is 11.3 Å². The number of carbonyl (C=O) groups is 1. The maximum atomic E-state index is 11.1. The van der Waals surface area contributed by atoms with Crippen LogP contribution in [-0.4, -0.2) is 30.7 Å². The molecule has 1 aromatic heterocycles. The molecule has 5 nitrogen and oxygen atoms in total. The van der Waals surface area contributed by atoms with Crippen LogP contribution in [0.25, 0.3) is 0 Å². The van der Waals surface area contributed by atoms with Crippen LogP contribution >= 0.6 is 11.3 Å². The van der Waals surface area contributed by atoms with Crippen molar-refractivity contribution < 1.29 is 9.90 Å². The number of rotatable bonds is 3. The van der Waals surface area contributed by atoms with Gasteiger partial charge in [0, 0.05) is 19.7 Å². The van der Waals surface area contributed by atoms with Gasteiger partial charge in [-0.15, -0.1) is 11.3 Å². The first-order valence-electron chi connectivity index (χ1n) is 5.66. The van der Waals surface area contributed by atoms with Crippen molar-refractivity contribution in [2.45, 2.75) is 12.8 Å². The average molecular weight is 255 g/mol. The summed E-state index contributed by atoms with van der Waals surface area (Å²) in [7, 11) is 0. The maximum absolute atomic E-state index is 11.1. The third kappa shape index (κ3) is 2.53. The summed E-state index contributed by atoms with van der Waals surface area (Å²) in [6.45, 7) is 2.04. The molecular formula is C11H17N3O2S. The normalized spacial score (nSPS) is 17.4. The van der Waals surface area contributed by atoms with Gasteiger partial charge in [0.1, 0.15) is 4.88 Å². The lowest BCUT2D eigenvalue weighted by molar-refractivity contribution is 0.100. The van der Waals surface area contributed by atoms with Crippen LogP contribution in [0.4, 0.5) is 10.7 Å². The monoisotopic (exact) mass is 255 g/mol. The van der Waals surface area contributed by atoms with Crippen LogP contribution < -0.4 is 16.4 Å². The highest BCUT2D eigenvalue weighted by Crippen LogP contribution is 2.34. The summed E-state index contributed by atoms with van der Waals surface area (Å²) in [5.74, 6) is -0.0665. The third-order valence-corrected chi connectivity index (χ3v) is 4.38. The van der Waals surface area contributed by atoms with E-state index in [-0.39, 0.29) is 6.61 Å². The van der Waals surface area contributed by atoms with Crippen molar-refractivity contribution >= 4 is 27.9 Å². The third-order valence-electron chi connectivity index (χ3n) is 3.16. The minimum absolute atomic E-state index is 0.257. The van der Waals surface area contributed by atoms with Crippen molar-refractivity contribution in [3.63, 3.8) is 0 Å². The second kappa shape index (κ2) is 4.93. The van der Waals surface area contributed by atoms with Gasteiger partial charge in [0.25, 0.3) is 5.91 Å². The van der Waals surface area contributed by atoms with Crippen LogP contribution in [0.3, 0.4) is 0 Å². The molecule has 0 bridgehead atoms. The Balaban J connectivity index is 2.08. The molecule has 2 rings (SSSR count). The van der Waals surface area contributed by atoms with Crippen molar-refractivity contribution in [1.82, 2.24) is 0 Å². The molecule has 1 fully saturated rings. The number of carbonyl (C=O) groups excluding carboxylic acids is 1. The van der Waals surface area contributed by atoms with Gasteiger partial charge < -0.3 is 21.5 Å². The van der Waals surface area contributed by atoms with Crippen LogP contribution in [0.1, 0.15) is 22.5 Å². The Morgan fingerprint density at radius 2 is 2.18 bits per heavy atom. The average Bonchev–Trinajstić information content (AvgIpc) is 2.71. The molecule has 0 atom stereocenters. The Hall–Kier alpha value is -1.27. The van der Waals surface area contributed by atoms with Crippen LogP contribution in [0.2, 0.25) is 0 Å².